The first-order chi connectivity index (χ1) is 16.3. The van der Waals surface area contributed by atoms with Crippen LogP contribution < -0.4 is 4.74 Å². The summed E-state index contributed by atoms with van der Waals surface area (Å²) in [6.07, 6.45) is 1.72. The van der Waals surface area contributed by atoms with Gasteiger partial charge in [-0.05, 0) is 53.4 Å². The SMILES string of the molecule is CC(C)c1c(Oc2ccc(C(=O)O)c(F)c2)nc2cc3[nH]ncc3cc2c1-c1ccc(F)cc1. The van der Waals surface area contributed by atoms with E-state index in [-0.39, 0.29) is 23.4 Å². The summed E-state index contributed by atoms with van der Waals surface area (Å²) in [5, 5.41) is 17.9. The fourth-order valence-electron chi connectivity index (χ4n) is 4.08. The molecule has 0 saturated carbocycles. The maximum atomic E-state index is 14.3. The van der Waals surface area contributed by atoms with E-state index in [9.17, 15) is 13.6 Å². The van der Waals surface area contributed by atoms with Crippen LogP contribution >= 0.6 is 0 Å². The zero-order valence-corrected chi connectivity index (χ0v) is 18.3. The number of hydrogen-bond acceptors (Lipinski definition) is 4. The molecule has 0 aliphatic heterocycles. The van der Waals surface area contributed by atoms with Crippen molar-refractivity contribution in [3.63, 3.8) is 0 Å². The number of nitrogens with zero attached hydrogens (tertiary/aromatic N) is 2. The normalized spacial score (nSPS) is 11.4. The predicted octanol–water partition coefficient (Wildman–Crippen LogP) is 6.67. The number of halogens is 2. The summed E-state index contributed by atoms with van der Waals surface area (Å²) in [5.74, 6) is -2.31. The lowest BCUT2D eigenvalue weighted by Crippen LogP contribution is -2.03. The van der Waals surface area contributed by atoms with Crippen LogP contribution in [0.4, 0.5) is 8.78 Å². The summed E-state index contributed by atoms with van der Waals surface area (Å²) < 4.78 is 34.0. The van der Waals surface area contributed by atoms with Gasteiger partial charge >= 0.3 is 5.97 Å². The second-order valence-electron chi connectivity index (χ2n) is 8.24. The molecule has 0 aliphatic carbocycles. The minimum atomic E-state index is -1.36. The minimum absolute atomic E-state index is 0.0601. The third kappa shape index (κ3) is 3.73. The Hall–Kier alpha value is -4.33. The third-order valence-electron chi connectivity index (χ3n) is 5.64. The Kier molecular flexibility index (Phi) is 5.20. The van der Waals surface area contributed by atoms with Gasteiger partial charge in [-0.2, -0.15) is 5.10 Å². The molecular formula is C26H19F2N3O3. The summed E-state index contributed by atoms with van der Waals surface area (Å²) in [7, 11) is 0. The van der Waals surface area contributed by atoms with Gasteiger partial charge in [-0.15, -0.1) is 0 Å². The molecule has 2 heterocycles. The van der Waals surface area contributed by atoms with E-state index >= 15 is 0 Å². The van der Waals surface area contributed by atoms with E-state index in [1.165, 1.54) is 18.2 Å². The lowest BCUT2D eigenvalue weighted by Gasteiger charge is -2.20. The summed E-state index contributed by atoms with van der Waals surface area (Å²) in [5.41, 5.74) is 3.29. The van der Waals surface area contributed by atoms with E-state index in [1.54, 1.807) is 18.3 Å². The van der Waals surface area contributed by atoms with Gasteiger partial charge in [-0.1, -0.05) is 26.0 Å². The third-order valence-corrected chi connectivity index (χ3v) is 5.64. The smallest absolute Gasteiger partial charge is 0.338 e. The summed E-state index contributed by atoms with van der Waals surface area (Å²) in [6.45, 7) is 3.96. The van der Waals surface area contributed by atoms with Crippen LogP contribution in [0.25, 0.3) is 32.9 Å². The number of carboxylic acid groups (broad SMARTS) is 1. The van der Waals surface area contributed by atoms with Crippen molar-refractivity contribution in [2.75, 3.05) is 0 Å². The number of fused-ring (bicyclic) bond motifs is 2. The van der Waals surface area contributed by atoms with Crippen molar-refractivity contribution in [1.82, 2.24) is 15.2 Å². The van der Waals surface area contributed by atoms with Crippen LogP contribution in [0.2, 0.25) is 0 Å². The predicted molar refractivity (Wildman–Crippen MR) is 124 cm³/mol. The second-order valence-corrected chi connectivity index (χ2v) is 8.24. The Labute approximate surface area is 192 Å². The molecule has 0 unspecified atom stereocenters. The summed E-state index contributed by atoms with van der Waals surface area (Å²) in [4.78, 5) is 15.9. The van der Waals surface area contributed by atoms with Crippen LogP contribution in [0.5, 0.6) is 11.6 Å². The molecule has 8 heteroatoms. The van der Waals surface area contributed by atoms with Gasteiger partial charge in [0.15, 0.2) is 0 Å². The molecule has 5 aromatic rings. The lowest BCUT2D eigenvalue weighted by molar-refractivity contribution is 0.0692. The molecule has 0 spiro atoms. The molecule has 170 valence electrons. The first kappa shape index (κ1) is 21.5. The molecule has 0 bridgehead atoms. The minimum Gasteiger partial charge on any atom is -0.478 e. The van der Waals surface area contributed by atoms with Crippen molar-refractivity contribution in [3.8, 4) is 22.8 Å². The molecule has 5 rings (SSSR count). The number of carbonyl (C=O) groups is 1. The van der Waals surface area contributed by atoms with Gasteiger partial charge in [0.2, 0.25) is 5.88 Å². The van der Waals surface area contributed by atoms with Gasteiger partial charge < -0.3 is 9.84 Å². The van der Waals surface area contributed by atoms with Crippen LogP contribution in [-0.2, 0) is 0 Å². The molecule has 3 aromatic carbocycles. The van der Waals surface area contributed by atoms with E-state index in [0.717, 1.165) is 45.1 Å². The molecular weight excluding hydrogens is 440 g/mol. The highest BCUT2D eigenvalue weighted by atomic mass is 19.1. The van der Waals surface area contributed by atoms with Crippen LogP contribution in [0.15, 0.2) is 60.8 Å². The van der Waals surface area contributed by atoms with Crippen molar-refractivity contribution in [2.45, 2.75) is 19.8 Å². The molecule has 0 saturated heterocycles. The van der Waals surface area contributed by atoms with E-state index < -0.39 is 17.3 Å². The molecule has 2 aromatic heterocycles. The second kappa shape index (κ2) is 8.22. The number of aromatic carboxylic acids is 1. The summed E-state index contributed by atoms with van der Waals surface area (Å²) in [6, 6.07) is 13.5. The van der Waals surface area contributed by atoms with Gasteiger partial charge in [0.05, 0.1) is 22.8 Å². The summed E-state index contributed by atoms with van der Waals surface area (Å²) >= 11 is 0. The Morgan fingerprint density at radius 2 is 1.82 bits per heavy atom. The molecule has 6 nitrogen and oxygen atoms in total. The molecule has 0 radical (unpaired) electrons. The van der Waals surface area contributed by atoms with Crippen LogP contribution in [-0.4, -0.2) is 26.3 Å². The van der Waals surface area contributed by atoms with Crippen molar-refractivity contribution < 1.29 is 23.4 Å². The van der Waals surface area contributed by atoms with Gasteiger partial charge in [0.25, 0.3) is 0 Å². The van der Waals surface area contributed by atoms with Crippen LogP contribution in [0.3, 0.4) is 0 Å². The van der Waals surface area contributed by atoms with Gasteiger partial charge in [-0.25, -0.2) is 18.6 Å². The molecule has 0 atom stereocenters. The average molecular weight is 459 g/mol. The molecule has 34 heavy (non-hydrogen) atoms. The topological polar surface area (TPSA) is 88.1 Å². The van der Waals surface area contributed by atoms with Gasteiger partial charge in [0, 0.05) is 22.4 Å². The number of carboxylic acids is 1. The number of benzene rings is 3. The Morgan fingerprint density at radius 3 is 2.50 bits per heavy atom. The molecule has 2 N–H and O–H groups in total. The number of ether oxygens (including phenoxy) is 1. The number of aromatic nitrogens is 3. The van der Waals surface area contributed by atoms with E-state index in [0.29, 0.717) is 5.52 Å². The highest BCUT2D eigenvalue weighted by Gasteiger charge is 2.22. The monoisotopic (exact) mass is 459 g/mol. The number of hydrogen-bond donors (Lipinski definition) is 2. The molecule has 0 fully saturated rings. The van der Waals surface area contributed by atoms with Gasteiger partial charge in [0.1, 0.15) is 17.4 Å². The van der Waals surface area contributed by atoms with E-state index in [4.69, 9.17) is 14.8 Å². The fourth-order valence-corrected chi connectivity index (χ4v) is 4.08. The number of pyridine rings is 1. The van der Waals surface area contributed by atoms with Crippen LogP contribution in [0.1, 0.15) is 35.7 Å². The standard InChI is InChI=1S/C26H19F2N3O3/c1-13(2)23-24(14-3-5-16(27)6-4-14)19-9-15-12-29-31-21(15)11-22(19)30-25(23)34-17-7-8-18(26(32)33)20(28)10-17/h3-13H,1-2H3,(H,29,31)(H,32,33). The molecule has 0 amide bonds. The highest BCUT2D eigenvalue weighted by molar-refractivity contribution is 6.04. The Balaban J connectivity index is 1.78. The van der Waals surface area contributed by atoms with Crippen molar-refractivity contribution in [3.05, 3.63) is 83.6 Å². The van der Waals surface area contributed by atoms with Crippen molar-refractivity contribution in [2.24, 2.45) is 0 Å². The van der Waals surface area contributed by atoms with E-state index in [1.807, 2.05) is 26.0 Å². The first-order valence-corrected chi connectivity index (χ1v) is 10.6. The Morgan fingerprint density at radius 1 is 1.06 bits per heavy atom. The van der Waals surface area contributed by atoms with Crippen LogP contribution in [0, 0.1) is 11.6 Å². The highest BCUT2D eigenvalue weighted by Crippen LogP contribution is 2.42. The van der Waals surface area contributed by atoms with Crippen molar-refractivity contribution in [1.29, 1.82) is 0 Å². The zero-order chi connectivity index (χ0) is 24.0. The average Bonchev–Trinajstić information content (AvgIpc) is 3.24. The number of aromatic amines is 1. The number of rotatable bonds is 5. The largest absolute Gasteiger partial charge is 0.478 e. The zero-order valence-electron chi connectivity index (χ0n) is 18.3. The fraction of sp³-hybridized carbons (Fsp3) is 0.115. The number of nitrogens with one attached hydrogen (secondary N) is 1. The van der Waals surface area contributed by atoms with E-state index in [2.05, 4.69) is 10.2 Å². The maximum absolute atomic E-state index is 14.3. The Bertz CT molecular complexity index is 1560. The first-order valence-electron chi connectivity index (χ1n) is 10.6. The number of H-pyrrole nitrogens is 1. The van der Waals surface area contributed by atoms with Gasteiger partial charge in [-0.3, -0.25) is 5.10 Å². The maximum Gasteiger partial charge on any atom is 0.338 e. The lowest BCUT2D eigenvalue weighted by atomic mass is 9.90. The quantitative estimate of drug-likeness (QED) is 0.306. The molecule has 0 aliphatic rings. The van der Waals surface area contributed by atoms with Crippen molar-refractivity contribution >= 4 is 27.8 Å².